The van der Waals surface area contributed by atoms with E-state index in [-0.39, 0.29) is 5.82 Å². The van der Waals surface area contributed by atoms with Crippen LogP contribution in [0.5, 0.6) is 0 Å². The van der Waals surface area contributed by atoms with Gasteiger partial charge in [-0.15, -0.1) is 0 Å². The van der Waals surface area contributed by atoms with Gasteiger partial charge in [0.1, 0.15) is 16.7 Å². The molecule has 0 atom stereocenters. The Morgan fingerprint density at radius 2 is 1.94 bits per heavy atom. The molecule has 0 aliphatic carbocycles. The zero-order valence-electron chi connectivity index (χ0n) is 8.64. The summed E-state index contributed by atoms with van der Waals surface area (Å²) < 4.78 is 12.7. The molecule has 0 unspecified atom stereocenters. The van der Waals surface area contributed by atoms with Gasteiger partial charge >= 0.3 is 0 Å². The molecule has 2 aromatic rings. The van der Waals surface area contributed by atoms with Gasteiger partial charge in [0.25, 0.3) is 0 Å². The van der Waals surface area contributed by atoms with Crippen molar-refractivity contribution in [3.05, 3.63) is 42.5 Å². The largest absolute Gasteiger partial charge is 0.372 e. The molecule has 1 aromatic heterocycles. The number of aromatic nitrogens is 2. The van der Waals surface area contributed by atoms with Crippen molar-refractivity contribution in [2.75, 3.05) is 12.4 Å². The zero-order chi connectivity index (χ0) is 11.4. The van der Waals surface area contributed by atoms with Gasteiger partial charge in [-0.25, -0.2) is 9.37 Å². The SMILES string of the molecule is CNc1cncc(Sc2ccc(F)cc2)n1. The van der Waals surface area contributed by atoms with Gasteiger partial charge < -0.3 is 5.32 Å². The van der Waals surface area contributed by atoms with Crippen molar-refractivity contribution in [3.8, 4) is 0 Å². The minimum atomic E-state index is -0.237. The minimum absolute atomic E-state index is 0.237. The van der Waals surface area contributed by atoms with E-state index < -0.39 is 0 Å². The number of hydrogen-bond donors (Lipinski definition) is 1. The van der Waals surface area contributed by atoms with Gasteiger partial charge in [0, 0.05) is 11.9 Å². The lowest BCUT2D eigenvalue weighted by Crippen LogP contribution is -1.93. The van der Waals surface area contributed by atoms with E-state index in [1.807, 2.05) is 0 Å². The van der Waals surface area contributed by atoms with E-state index in [0.29, 0.717) is 5.82 Å². The number of rotatable bonds is 3. The molecule has 3 nitrogen and oxygen atoms in total. The van der Waals surface area contributed by atoms with E-state index >= 15 is 0 Å². The summed E-state index contributed by atoms with van der Waals surface area (Å²) in [6.07, 6.45) is 3.32. The predicted octanol–water partition coefficient (Wildman–Crippen LogP) is 2.81. The molecule has 0 aliphatic rings. The molecule has 0 aliphatic heterocycles. The van der Waals surface area contributed by atoms with Crippen LogP contribution in [0.25, 0.3) is 0 Å². The van der Waals surface area contributed by atoms with Crippen LogP contribution >= 0.6 is 11.8 Å². The lowest BCUT2D eigenvalue weighted by atomic mass is 10.4. The van der Waals surface area contributed by atoms with Gasteiger partial charge in [-0.1, -0.05) is 11.8 Å². The predicted molar refractivity (Wildman–Crippen MR) is 62.1 cm³/mol. The summed E-state index contributed by atoms with van der Waals surface area (Å²) in [4.78, 5) is 9.29. The van der Waals surface area contributed by atoms with Crippen LogP contribution in [0, 0.1) is 5.82 Å². The van der Waals surface area contributed by atoms with Crippen molar-refractivity contribution >= 4 is 17.6 Å². The third-order valence-electron chi connectivity index (χ3n) is 1.90. The summed E-state index contributed by atoms with van der Waals surface area (Å²) in [6.45, 7) is 0. The molecule has 0 spiro atoms. The highest BCUT2D eigenvalue weighted by Gasteiger charge is 2.00. The molecule has 0 radical (unpaired) electrons. The van der Waals surface area contributed by atoms with Gasteiger partial charge in [0.05, 0.1) is 12.4 Å². The van der Waals surface area contributed by atoms with E-state index in [9.17, 15) is 4.39 Å². The normalized spacial score (nSPS) is 10.1. The Balaban J connectivity index is 2.16. The summed E-state index contributed by atoms with van der Waals surface area (Å²) in [7, 11) is 1.79. The van der Waals surface area contributed by atoms with Gasteiger partial charge in [-0.3, -0.25) is 4.98 Å². The molecule has 0 fully saturated rings. The molecule has 0 saturated heterocycles. The van der Waals surface area contributed by atoms with Crippen LogP contribution in [-0.2, 0) is 0 Å². The molecular weight excluding hydrogens is 225 g/mol. The first-order valence-corrected chi connectivity index (χ1v) is 5.53. The maximum atomic E-state index is 12.7. The number of anilines is 1. The van der Waals surface area contributed by atoms with E-state index in [1.165, 1.54) is 23.9 Å². The van der Waals surface area contributed by atoms with Crippen LogP contribution in [0.2, 0.25) is 0 Å². The van der Waals surface area contributed by atoms with Crippen LogP contribution in [0.15, 0.2) is 46.6 Å². The molecule has 5 heteroatoms. The van der Waals surface area contributed by atoms with Gasteiger partial charge in [-0.05, 0) is 24.3 Å². The fourth-order valence-electron chi connectivity index (χ4n) is 1.14. The average Bonchev–Trinajstić information content (AvgIpc) is 2.32. The molecule has 0 saturated carbocycles. The molecule has 82 valence electrons. The van der Waals surface area contributed by atoms with E-state index in [4.69, 9.17) is 0 Å². The average molecular weight is 235 g/mol. The van der Waals surface area contributed by atoms with Crippen molar-refractivity contribution in [3.63, 3.8) is 0 Å². The smallest absolute Gasteiger partial charge is 0.145 e. The fraction of sp³-hybridized carbons (Fsp3) is 0.0909. The molecule has 16 heavy (non-hydrogen) atoms. The second kappa shape index (κ2) is 4.94. The molecule has 1 N–H and O–H groups in total. The van der Waals surface area contributed by atoms with Crippen LogP contribution in [-0.4, -0.2) is 17.0 Å². The van der Waals surface area contributed by atoms with E-state index in [2.05, 4.69) is 15.3 Å². The molecular formula is C11H10FN3S. The Morgan fingerprint density at radius 3 is 2.62 bits per heavy atom. The standard InChI is InChI=1S/C11H10FN3S/c1-13-10-6-14-7-11(15-10)16-9-4-2-8(12)3-5-9/h2-7H,1H3,(H,13,15). The Labute approximate surface area is 97.1 Å². The Bertz CT molecular complexity index is 473. The Kier molecular flexibility index (Phi) is 3.36. The van der Waals surface area contributed by atoms with Gasteiger partial charge in [0.2, 0.25) is 0 Å². The highest BCUT2D eigenvalue weighted by atomic mass is 32.2. The van der Waals surface area contributed by atoms with E-state index in [0.717, 1.165) is 9.92 Å². The third kappa shape index (κ3) is 2.70. The third-order valence-corrected chi connectivity index (χ3v) is 2.82. The van der Waals surface area contributed by atoms with Crippen LogP contribution < -0.4 is 5.32 Å². The molecule has 1 aromatic carbocycles. The van der Waals surface area contributed by atoms with Crippen molar-refractivity contribution in [2.24, 2.45) is 0 Å². The Morgan fingerprint density at radius 1 is 1.19 bits per heavy atom. The van der Waals surface area contributed by atoms with Gasteiger partial charge in [-0.2, -0.15) is 0 Å². The molecule has 0 bridgehead atoms. The maximum absolute atomic E-state index is 12.7. The highest BCUT2D eigenvalue weighted by molar-refractivity contribution is 7.99. The number of nitrogens with zero attached hydrogens (tertiary/aromatic N) is 2. The van der Waals surface area contributed by atoms with Crippen LogP contribution in [0.1, 0.15) is 0 Å². The summed E-state index contributed by atoms with van der Waals surface area (Å²) in [5, 5.41) is 3.69. The van der Waals surface area contributed by atoms with Crippen LogP contribution in [0.4, 0.5) is 10.2 Å². The molecule has 1 heterocycles. The number of benzene rings is 1. The number of hydrogen-bond acceptors (Lipinski definition) is 4. The van der Waals surface area contributed by atoms with E-state index in [1.54, 1.807) is 31.6 Å². The highest BCUT2D eigenvalue weighted by Crippen LogP contribution is 2.25. The summed E-state index contributed by atoms with van der Waals surface area (Å²) in [5.74, 6) is 0.478. The maximum Gasteiger partial charge on any atom is 0.145 e. The Hall–Kier alpha value is -1.62. The first kappa shape index (κ1) is 10.9. The van der Waals surface area contributed by atoms with Crippen molar-refractivity contribution < 1.29 is 4.39 Å². The topological polar surface area (TPSA) is 37.8 Å². The van der Waals surface area contributed by atoms with Crippen LogP contribution in [0.3, 0.4) is 0 Å². The summed E-state index contributed by atoms with van der Waals surface area (Å²) in [6, 6.07) is 6.29. The molecule has 0 amide bonds. The van der Waals surface area contributed by atoms with Gasteiger partial charge in [0.15, 0.2) is 0 Å². The summed E-state index contributed by atoms with van der Waals surface area (Å²) >= 11 is 1.45. The number of halogens is 1. The minimum Gasteiger partial charge on any atom is -0.372 e. The van der Waals surface area contributed by atoms with Crippen molar-refractivity contribution in [1.29, 1.82) is 0 Å². The quantitative estimate of drug-likeness (QED) is 0.887. The van der Waals surface area contributed by atoms with Crippen molar-refractivity contribution in [1.82, 2.24) is 9.97 Å². The second-order valence-electron chi connectivity index (χ2n) is 3.05. The zero-order valence-corrected chi connectivity index (χ0v) is 9.46. The molecule has 2 rings (SSSR count). The van der Waals surface area contributed by atoms with Crippen molar-refractivity contribution in [2.45, 2.75) is 9.92 Å². The number of nitrogens with one attached hydrogen (secondary N) is 1. The first-order chi connectivity index (χ1) is 7.78. The fourth-order valence-corrected chi connectivity index (χ4v) is 1.91. The summed E-state index contributed by atoms with van der Waals surface area (Å²) in [5.41, 5.74) is 0. The second-order valence-corrected chi connectivity index (χ2v) is 4.14. The lowest BCUT2D eigenvalue weighted by molar-refractivity contribution is 0.626. The monoisotopic (exact) mass is 235 g/mol. The first-order valence-electron chi connectivity index (χ1n) is 4.71. The lowest BCUT2D eigenvalue weighted by Gasteiger charge is -2.02.